The number of phenols is 1. The van der Waals surface area contributed by atoms with Crippen LogP contribution in [-0.2, 0) is 32.1 Å². The van der Waals surface area contributed by atoms with Gasteiger partial charge >= 0.3 is 0 Å². The van der Waals surface area contributed by atoms with Crippen molar-refractivity contribution in [3.05, 3.63) is 22.8 Å². The molecule has 11 heteroatoms. The minimum Gasteiger partial charge on any atom is -0.507 e. The number of primary amides is 1. The van der Waals surface area contributed by atoms with Crippen LogP contribution in [-0.4, -0.2) is 101 Å². The largest absolute Gasteiger partial charge is 0.507 e. The molecule has 0 aromatic heterocycles. The smallest absolute Gasteiger partial charge is 0.235 e. The number of carbonyl (C=O) groups excluding carboxylic acids is 5. The highest BCUT2D eigenvalue weighted by Crippen LogP contribution is 2.52. The van der Waals surface area contributed by atoms with Crippen LogP contribution in [0.1, 0.15) is 54.6 Å². The second kappa shape index (κ2) is 9.96. The van der Waals surface area contributed by atoms with Crippen molar-refractivity contribution in [2.24, 2.45) is 35.3 Å². The molecule has 2 unspecified atom stereocenters. The van der Waals surface area contributed by atoms with E-state index < -0.39 is 64.4 Å². The summed E-state index contributed by atoms with van der Waals surface area (Å²) in [5, 5.41) is 23.0. The number of hydrogen-bond acceptors (Lipinski definition) is 10. The maximum atomic E-state index is 14.1. The molecule has 0 aliphatic heterocycles. The molecule has 11 nitrogen and oxygen atoms in total. The molecule has 228 valence electrons. The summed E-state index contributed by atoms with van der Waals surface area (Å²) in [7, 11) is 8.93. The van der Waals surface area contributed by atoms with Crippen molar-refractivity contribution in [3.63, 3.8) is 0 Å². The predicted octanol–water partition coefficient (Wildman–Crippen LogP) is 0.553. The maximum Gasteiger partial charge on any atom is 0.235 e. The summed E-state index contributed by atoms with van der Waals surface area (Å²) in [5.41, 5.74) is 4.86. The molecule has 3 fully saturated rings. The van der Waals surface area contributed by atoms with E-state index in [0.717, 1.165) is 11.3 Å². The Bertz CT molecular complexity index is 1400. The van der Waals surface area contributed by atoms with Crippen molar-refractivity contribution in [1.29, 1.82) is 0 Å². The summed E-state index contributed by atoms with van der Waals surface area (Å²) in [6.07, 6.45) is 2.60. The van der Waals surface area contributed by atoms with Crippen LogP contribution in [0.15, 0.2) is 6.07 Å². The molecule has 0 bridgehead atoms. The van der Waals surface area contributed by atoms with Crippen LogP contribution in [0.25, 0.3) is 0 Å². The van der Waals surface area contributed by atoms with E-state index in [9.17, 15) is 34.2 Å². The zero-order chi connectivity index (χ0) is 31.2. The molecule has 0 radical (unpaired) electrons. The third-order valence-electron chi connectivity index (χ3n) is 10.5. The third-order valence-corrected chi connectivity index (χ3v) is 10.5. The minimum absolute atomic E-state index is 0.0122. The number of Topliss-reactive ketones (excluding diaryl/α,β-unsaturated/α-hetero) is 4. The van der Waals surface area contributed by atoms with Gasteiger partial charge in [0.25, 0.3) is 0 Å². The normalized spacial score (nSPS) is 31.2. The standard InChI is InChI=1S/C31H42N4O7/c1-30(2,16-8-9-16)35(7)13-15-12-19(36)21-17(23(15)33(3)4)10-14-11-18-24(34(5)6)26(38)22(29(32)41)28(40)31(18,42)27(39)20(14)25(21)37/h12,14,16,18,20,22,24,36,42H,8-11,13H2,1-7H3,(H2,32,41)/t14-,18-,20?,22?,24-,31-/m0/s1. The summed E-state index contributed by atoms with van der Waals surface area (Å²) < 4.78 is 0. The van der Waals surface area contributed by atoms with Crippen LogP contribution < -0.4 is 10.6 Å². The molecule has 5 rings (SSSR count). The molecule has 4 aliphatic carbocycles. The number of anilines is 1. The Labute approximate surface area is 246 Å². The molecule has 4 N–H and O–H groups in total. The Kier molecular flexibility index (Phi) is 7.19. The predicted molar refractivity (Wildman–Crippen MR) is 154 cm³/mol. The monoisotopic (exact) mass is 582 g/mol. The Morgan fingerprint density at radius 2 is 1.69 bits per heavy atom. The van der Waals surface area contributed by atoms with Gasteiger partial charge in [-0.15, -0.1) is 0 Å². The fraction of sp³-hybridized carbons (Fsp3) is 0.645. The number of ketones is 4. The van der Waals surface area contributed by atoms with Gasteiger partial charge in [-0.2, -0.15) is 0 Å². The lowest BCUT2D eigenvalue weighted by Gasteiger charge is -2.52. The van der Waals surface area contributed by atoms with Crippen LogP contribution in [0, 0.1) is 29.6 Å². The van der Waals surface area contributed by atoms with Crippen LogP contribution in [0.2, 0.25) is 0 Å². The van der Waals surface area contributed by atoms with Crippen molar-refractivity contribution in [3.8, 4) is 5.75 Å². The number of aromatic hydroxyl groups is 1. The van der Waals surface area contributed by atoms with Gasteiger partial charge in [-0.25, -0.2) is 0 Å². The number of carbonyl (C=O) groups is 5. The lowest BCUT2D eigenvalue weighted by Crippen LogP contribution is -2.74. The second-order valence-corrected chi connectivity index (χ2v) is 13.7. The molecule has 6 atom stereocenters. The summed E-state index contributed by atoms with van der Waals surface area (Å²) in [5.74, 6) is -9.79. The molecule has 0 saturated heterocycles. The quantitative estimate of drug-likeness (QED) is 0.387. The number of rotatable bonds is 7. The van der Waals surface area contributed by atoms with Crippen molar-refractivity contribution >= 4 is 34.7 Å². The molecule has 0 heterocycles. The molecule has 4 aliphatic rings. The first-order valence-corrected chi connectivity index (χ1v) is 14.6. The van der Waals surface area contributed by atoms with E-state index in [0.29, 0.717) is 18.0 Å². The van der Waals surface area contributed by atoms with E-state index in [1.807, 2.05) is 26.0 Å². The van der Waals surface area contributed by atoms with E-state index in [2.05, 4.69) is 18.7 Å². The number of aliphatic hydroxyl groups is 1. The molecule has 42 heavy (non-hydrogen) atoms. The Balaban J connectivity index is 1.61. The van der Waals surface area contributed by atoms with E-state index in [4.69, 9.17) is 5.73 Å². The van der Waals surface area contributed by atoms with Crippen LogP contribution >= 0.6 is 0 Å². The van der Waals surface area contributed by atoms with Gasteiger partial charge in [-0.1, -0.05) is 0 Å². The van der Waals surface area contributed by atoms with Gasteiger partial charge < -0.3 is 20.8 Å². The van der Waals surface area contributed by atoms with Gasteiger partial charge in [0.15, 0.2) is 34.7 Å². The van der Waals surface area contributed by atoms with Gasteiger partial charge in [-0.05, 0) is 89.7 Å². The van der Waals surface area contributed by atoms with Crippen LogP contribution in [0.4, 0.5) is 5.69 Å². The van der Waals surface area contributed by atoms with Gasteiger partial charge in [0.05, 0.1) is 17.5 Å². The topological polar surface area (TPSA) is 162 Å². The first-order chi connectivity index (χ1) is 19.5. The number of fused-ring (bicyclic) bond motifs is 3. The van der Waals surface area contributed by atoms with E-state index >= 15 is 0 Å². The number of nitrogens with zero attached hydrogens (tertiary/aromatic N) is 3. The van der Waals surface area contributed by atoms with Crippen LogP contribution in [0.5, 0.6) is 5.75 Å². The van der Waals surface area contributed by atoms with Crippen molar-refractivity contribution in [2.75, 3.05) is 40.1 Å². The maximum absolute atomic E-state index is 14.1. The highest BCUT2D eigenvalue weighted by atomic mass is 16.3. The zero-order valence-electron chi connectivity index (χ0n) is 25.4. The fourth-order valence-electron chi connectivity index (χ4n) is 7.97. The highest BCUT2D eigenvalue weighted by Gasteiger charge is 2.69. The number of benzene rings is 1. The summed E-state index contributed by atoms with van der Waals surface area (Å²) in [6.45, 7) is 4.94. The Morgan fingerprint density at radius 1 is 1.07 bits per heavy atom. The molecule has 0 spiro atoms. The van der Waals surface area contributed by atoms with Crippen LogP contribution in [0.3, 0.4) is 0 Å². The third kappa shape index (κ3) is 4.23. The number of amides is 1. The summed E-state index contributed by atoms with van der Waals surface area (Å²) in [4.78, 5) is 72.7. The number of hydrogen-bond donors (Lipinski definition) is 3. The summed E-state index contributed by atoms with van der Waals surface area (Å²) >= 11 is 0. The van der Waals surface area contributed by atoms with Gasteiger partial charge in [-0.3, -0.25) is 33.8 Å². The highest BCUT2D eigenvalue weighted by molar-refractivity contribution is 6.32. The zero-order valence-corrected chi connectivity index (χ0v) is 25.4. The molecule has 1 aromatic rings. The van der Waals surface area contributed by atoms with E-state index in [1.165, 1.54) is 17.7 Å². The SMILES string of the molecule is CN(C)c1c(CN(C)C(C)(C)C2CC2)cc(O)c2c1C[C@H]1C[C@H]3[C@H](N(C)C)C(=O)C(C(N)=O)C(=O)[C@@]3(O)C(=O)C1C2=O. The summed E-state index contributed by atoms with van der Waals surface area (Å²) in [6, 6.07) is 0.449. The fourth-order valence-corrected chi connectivity index (χ4v) is 7.97. The number of phenolic OH excluding ortho intramolecular Hbond substituents is 1. The van der Waals surface area contributed by atoms with Gasteiger partial charge in [0, 0.05) is 37.8 Å². The number of likely N-dealkylation sites (N-methyl/N-ethyl adjacent to an activating group) is 1. The van der Waals surface area contributed by atoms with Gasteiger partial charge in [0.1, 0.15) is 5.75 Å². The second-order valence-electron chi connectivity index (χ2n) is 13.7. The average molecular weight is 583 g/mol. The lowest BCUT2D eigenvalue weighted by molar-refractivity contribution is -0.181. The van der Waals surface area contributed by atoms with Crippen molar-refractivity contribution < 1.29 is 34.2 Å². The lowest BCUT2D eigenvalue weighted by atomic mass is 9.52. The van der Waals surface area contributed by atoms with E-state index in [-0.39, 0.29) is 29.7 Å². The van der Waals surface area contributed by atoms with E-state index in [1.54, 1.807) is 20.2 Å². The van der Waals surface area contributed by atoms with Crippen molar-refractivity contribution in [2.45, 2.75) is 63.3 Å². The Morgan fingerprint density at radius 3 is 2.21 bits per heavy atom. The first kappa shape index (κ1) is 30.3. The molecular formula is C31H42N4O7. The molecule has 3 saturated carbocycles. The van der Waals surface area contributed by atoms with Crippen molar-refractivity contribution in [1.82, 2.24) is 9.80 Å². The first-order valence-electron chi connectivity index (χ1n) is 14.6. The minimum atomic E-state index is -2.73. The number of nitrogens with two attached hydrogens (primary N) is 1. The molecule has 1 amide bonds. The molecular weight excluding hydrogens is 540 g/mol. The molecule has 1 aromatic carbocycles. The average Bonchev–Trinajstić information content (AvgIpc) is 3.71. The van der Waals surface area contributed by atoms with Gasteiger partial charge in [0.2, 0.25) is 5.91 Å². The Hall–Kier alpha value is -3.15.